The molecule has 23 heavy (non-hydrogen) atoms. The minimum atomic E-state index is -0.146. The maximum absolute atomic E-state index is 12.8. The van der Waals surface area contributed by atoms with E-state index in [0.29, 0.717) is 22.9 Å². The Morgan fingerprint density at radius 1 is 1.39 bits per heavy atom. The Morgan fingerprint density at radius 3 is 2.87 bits per heavy atom. The number of aromatic nitrogens is 1. The van der Waals surface area contributed by atoms with Gasteiger partial charge in [0.05, 0.1) is 16.4 Å². The van der Waals surface area contributed by atoms with Gasteiger partial charge in [-0.05, 0) is 24.6 Å². The van der Waals surface area contributed by atoms with Crippen molar-refractivity contribution in [1.82, 2.24) is 4.57 Å². The Bertz CT molecular complexity index is 1050. The first kappa shape index (κ1) is 13.9. The Morgan fingerprint density at radius 2 is 2.13 bits per heavy atom. The van der Waals surface area contributed by atoms with E-state index in [-0.39, 0.29) is 17.3 Å². The van der Waals surface area contributed by atoms with Crippen molar-refractivity contribution in [3.63, 3.8) is 0 Å². The van der Waals surface area contributed by atoms with Crippen LogP contribution in [0.1, 0.15) is 12.5 Å². The van der Waals surface area contributed by atoms with Crippen LogP contribution in [0.2, 0.25) is 0 Å². The molecule has 1 aliphatic heterocycles. The number of nitrogens with zero attached hydrogens (tertiary/aromatic N) is 1. The van der Waals surface area contributed by atoms with E-state index < -0.39 is 0 Å². The molecule has 1 aliphatic rings. The normalized spacial score (nSPS) is 16.5. The van der Waals surface area contributed by atoms with Crippen molar-refractivity contribution in [1.29, 1.82) is 0 Å². The van der Waals surface area contributed by atoms with E-state index in [1.807, 2.05) is 36.7 Å². The summed E-state index contributed by atoms with van der Waals surface area (Å²) in [5.41, 5.74) is 3.33. The fraction of sp³-hybridized carbons (Fsp3) is 0.211. The van der Waals surface area contributed by atoms with Gasteiger partial charge in [-0.1, -0.05) is 18.7 Å². The van der Waals surface area contributed by atoms with Crippen molar-refractivity contribution in [3.8, 4) is 11.5 Å². The lowest BCUT2D eigenvalue weighted by Gasteiger charge is -2.14. The summed E-state index contributed by atoms with van der Waals surface area (Å²) in [6.45, 7) is 5.88. The second-order valence-electron chi connectivity index (χ2n) is 6.16. The maximum Gasteiger partial charge on any atom is 0.200 e. The SMILES string of the molecule is C=C(C)[C@@H]1Cc2c(cc(O)c3c(=O)c4ccccc4n(C)c23)O1. The van der Waals surface area contributed by atoms with Gasteiger partial charge in [0.15, 0.2) is 0 Å². The van der Waals surface area contributed by atoms with Gasteiger partial charge in [-0.25, -0.2) is 0 Å². The van der Waals surface area contributed by atoms with Gasteiger partial charge >= 0.3 is 0 Å². The molecule has 0 saturated heterocycles. The summed E-state index contributed by atoms with van der Waals surface area (Å²) >= 11 is 0. The minimum Gasteiger partial charge on any atom is -0.507 e. The van der Waals surface area contributed by atoms with Crippen molar-refractivity contribution in [2.75, 3.05) is 0 Å². The highest BCUT2D eigenvalue weighted by Crippen LogP contribution is 2.40. The number of pyridine rings is 1. The molecule has 0 saturated carbocycles. The molecule has 4 rings (SSSR count). The molecule has 116 valence electrons. The van der Waals surface area contributed by atoms with Gasteiger partial charge in [-0.3, -0.25) is 4.79 Å². The van der Waals surface area contributed by atoms with Gasteiger partial charge in [0, 0.05) is 30.5 Å². The fourth-order valence-electron chi connectivity index (χ4n) is 3.44. The lowest BCUT2D eigenvalue weighted by molar-refractivity contribution is 0.270. The van der Waals surface area contributed by atoms with E-state index in [0.717, 1.165) is 22.2 Å². The molecular formula is C19H17NO3. The molecule has 4 heteroatoms. The zero-order valence-corrected chi connectivity index (χ0v) is 13.1. The van der Waals surface area contributed by atoms with Gasteiger partial charge in [-0.15, -0.1) is 0 Å². The smallest absolute Gasteiger partial charge is 0.200 e. The number of para-hydroxylation sites is 1. The van der Waals surface area contributed by atoms with Crippen molar-refractivity contribution in [3.05, 3.63) is 58.3 Å². The largest absolute Gasteiger partial charge is 0.507 e. The summed E-state index contributed by atoms with van der Waals surface area (Å²) in [7, 11) is 1.91. The number of phenolic OH excluding ortho intramolecular Hbond substituents is 1. The summed E-state index contributed by atoms with van der Waals surface area (Å²) in [6.07, 6.45) is 0.546. The van der Waals surface area contributed by atoms with Crippen molar-refractivity contribution in [2.24, 2.45) is 7.05 Å². The highest BCUT2D eigenvalue weighted by Gasteiger charge is 2.29. The Labute approximate surface area is 133 Å². The molecule has 0 radical (unpaired) electrons. The van der Waals surface area contributed by atoms with Gasteiger partial charge in [-0.2, -0.15) is 0 Å². The number of aromatic hydroxyl groups is 1. The summed E-state index contributed by atoms with van der Waals surface area (Å²) in [6, 6.07) is 9.00. The van der Waals surface area contributed by atoms with Gasteiger partial charge in [0.25, 0.3) is 0 Å². The fourth-order valence-corrected chi connectivity index (χ4v) is 3.44. The molecule has 3 aromatic rings. The van der Waals surface area contributed by atoms with Crippen molar-refractivity contribution in [2.45, 2.75) is 19.4 Å². The van der Waals surface area contributed by atoms with Crippen LogP contribution < -0.4 is 10.2 Å². The van der Waals surface area contributed by atoms with E-state index in [9.17, 15) is 9.90 Å². The van der Waals surface area contributed by atoms with Crippen LogP contribution in [0.25, 0.3) is 21.8 Å². The summed E-state index contributed by atoms with van der Waals surface area (Å²) in [5, 5.41) is 11.4. The number of fused-ring (bicyclic) bond motifs is 4. The predicted octanol–water partition coefficient (Wildman–Crippen LogP) is 3.28. The van der Waals surface area contributed by atoms with Crippen LogP contribution in [-0.4, -0.2) is 15.8 Å². The molecule has 0 amide bonds. The number of ether oxygens (including phenoxy) is 1. The first-order valence-corrected chi connectivity index (χ1v) is 7.57. The first-order chi connectivity index (χ1) is 11.0. The molecular weight excluding hydrogens is 290 g/mol. The molecule has 1 atom stereocenters. The van der Waals surface area contributed by atoms with E-state index in [1.165, 1.54) is 0 Å². The highest BCUT2D eigenvalue weighted by molar-refractivity contribution is 5.99. The number of hydrogen-bond donors (Lipinski definition) is 1. The van der Waals surface area contributed by atoms with E-state index in [1.54, 1.807) is 12.1 Å². The Hall–Kier alpha value is -2.75. The lowest BCUT2D eigenvalue weighted by atomic mass is 10.00. The van der Waals surface area contributed by atoms with Crippen LogP contribution in [0, 0.1) is 0 Å². The molecule has 1 N–H and O–H groups in total. The molecule has 4 nitrogen and oxygen atoms in total. The molecule has 0 bridgehead atoms. The average Bonchev–Trinajstić information content (AvgIpc) is 2.95. The Balaban J connectivity index is 2.19. The monoisotopic (exact) mass is 307 g/mol. The van der Waals surface area contributed by atoms with Crippen LogP contribution in [-0.2, 0) is 13.5 Å². The molecule has 2 heterocycles. The topological polar surface area (TPSA) is 51.5 Å². The third-order valence-electron chi connectivity index (χ3n) is 4.62. The van der Waals surface area contributed by atoms with Gasteiger partial charge < -0.3 is 14.4 Å². The van der Waals surface area contributed by atoms with Gasteiger partial charge in [0.1, 0.15) is 17.6 Å². The minimum absolute atomic E-state index is 0.0348. The first-order valence-electron chi connectivity index (χ1n) is 7.57. The van der Waals surface area contributed by atoms with Crippen LogP contribution >= 0.6 is 0 Å². The van der Waals surface area contributed by atoms with Crippen molar-refractivity contribution >= 4 is 21.8 Å². The zero-order chi connectivity index (χ0) is 16.3. The van der Waals surface area contributed by atoms with Crippen molar-refractivity contribution < 1.29 is 9.84 Å². The lowest BCUT2D eigenvalue weighted by Crippen LogP contribution is -2.13. The third-order valence-corrected chi connectivity index (χ3v) is 4.62. The number of phenols is 1. The third kappa shape index (κ3) is 1.81. The molecule has 0 unspecified atom stereocenters. The Kier molecular flexibility index (Phi) is 2.79. The van der Waals surface area contributed by atoms with E-state index >= 15 is 0 Å². The predicted molar refractivity (Wildman–Crippen MR) is 91.3 cm³/mol. The van der Waals surface area contributed by atoms with Crippen LogP contribution in [0.3, 0.4) is 0 Å². The van der Waals surface area contributed by atoms with Gasteiger partial charge in [0.2, 0.25) is 5.43 Å². The number of aryl methyl sites for hydroxylation is 1. The zero-order valence-electron chi connectivity index (χ0n) is 13.1. The van der Waals surface area contributed by atoms with E-state index in [2.05, 4.69) is 6.58 Å². The number of hydrogen-bond acceptors (Lipinski definition) is 3. The molecule has 0 fully saturated rings. The van der Waals surface area contributed by atoms with Crippen LogP contribution in [0.4, 0.5) is 0 Å². The van der Waals surface area contributed by atoms with Crippen LogP contribution in [0.5, 0.6) is 11.5 Å². The van der Waals surface area contributed by atoms with Crippen LogP contribution in [0.15, 0.2) is 47.3 Å². The quantitative estimate of drug-likeness (QED) is 0.554. The second kappa shape index (κ2) is 4.62. The maximum atomic E-state index is 12.8. The molecule has 0 aliphatic carbocycles. The summed E-state index contributed by atoms with van der Waals surface area (Å²) < 4.78 is 7.86. The highest BCUT2D eigenvalue weighted by atomic mass is 16.5. The molecule has 2 aromatic carbocycles. The summed E-state index contributed by atoms with van der Waals surface area (Å²) in [4.78, 5) is 12.8. The second-order valence-corrected chi connectivity index (χ2v) is 6.16. The number of rotatable bonds is 1. The molecule has 1 aromatic heterocycles. The molecule has 0 spiro atoms. The summed E-state index contributed by atoms with van der Waals surface area (Å²) in [5.74, 6) is 0.598. The number of benzene rings is 2. The standard InChI is InChI=1S/C19H17NO3/c1-10(2)15-8-12-16(23-15)9-14(21)17-18(12)20(3)13-7-5-4-6-11(13)19(17)22/h4-7,9,15,21H,1,8H2,2-3H3/t15-/m0/s1. The van der Waals surface area contributed by atoms with E-state index in [4.69, 9.17) is 4.74 Å². The average molecular weight is 307 g/mol.